The van der Waals surface area contributed by atoms with Gasteiger partial charge in [0, 0.05) is 30.7 Å². The van der Waals surface area contributed by atoms with Crippen LogP contribution in [0.3, 0.4) is 0 Å². The number of furan rings is 1. The third-order valence-corrected chi connectivity index (χ3v) is 4.34. The fraction of sp³-hybridized carbons (Fsp3) is 0.778. The van der Waals surface area contributed by atoms with Gasteiger partial charge in [0.05, 0.1) is 12.8 Å². The largest absolute Gasteiger partial charge is 0.468 e. The smallest absolute Gasteiger partial charge is 0.118 e. The molecule has 2 saturated carbocycles. The molecule has 2 aliphatic rings. The molecule has 2 aliphatic carbocycles. The molecule has 3 rings (SSSR count). The van der Waals surface area contributed by atoms with Crippen LogP contribution in [0.2, 0.25) is 0 Å². The minimum atomic E-state index is 0.154. The van der Waals surface area contributed by atoms with Crippen molar-refractivity contribution in [3.63, 3.8) is 0 Å². The van der Waals surface area contributed by atoms with Gasteiger partial charge in [-0.3, -0.25) is 4.90 Å². The molecule has 0 saturated heterocycles. The van der Waals surface area contributed by atoms with Gasteiger partial charge in [0.15, 0.2) is 0 Å². The van der Waals surface area contributed by atoms with Crippen molar-refractivity contribution >= 4 is 0 Å². The van der Waals surface area contributed by atoms with Crippen LogP contribution in [-0.4, -0.2) is 23.5 Å². The second kappa shape index (κ2) is 6.13. The fourth-order valence-corrected chi connectivity index (χ4v) is 2.72. The molecule has 1 heterocycles. The van der Waals surface area contributed by atoms with Gasteiger partial charge in [-0.2, -0.15) is 0 Å². The summed E-state index contributed by atoms with van der Waals surface area (Å²) in [6.45, 7) is 11.0. The maximum absolute atomic E-state index is 5.78. The lowest BCUT2D eigenvalue weighted by Crippen LogP contribution is -2.34. The van der Waals surface area contributed by atoms with Crippen molar-refractivity contribution in [2.75, 3.05) is 13.1 Å². The van der Waals surface area contributed by atoms with Crippen molar-refractivity contribution < 1.29 is 4.42 Å². The molecule has 0 unspecified atom stereocenters. The Hall–Kier alpha value is -0.800. The normalized spacial score (nSPS) is 19.4. The van der Waals surface area contributed by atoms with Gasteiger partial charge in [-0.15, -0.1) is 0 Å². The van der Waals surface area contributed by atoms with Crippen molar-refractivity contribution in [3.05, 3.63) is 23.7 Å². The predicted octanol–water partition coefficient (Wildman–Crippen LogP) is 3.79. The zero-order valence-corrected chi connectivity index (χ0v) is 13.8. The number of nitrogens with one attached hydrogen (secondary N) is 1. The minimum Gasteiger partial charge on any atom is -0.468 e. The third kappa shape index (κ3) is 5.48. The molecular weight excluding hydrogens is 260 g/mol. The standard InChI is InChI=1S/C18H30N2O/c1-18(2,3)19-9-16-8-17(21-13-16)12-20(10-14-4-5-14)11-15-6-7-15/h8,13-15,19H,4-7,9-12H2,1-3H3. The van der Waals surface area contributed by atoms with E-state index >= 15 is 0 Å². The first-order valence-electron chi connectivity index (χ1n) is 8.51. The maximum atomic E-state index is 5.78. The van der Waals surface area contributed by atoms with Crippen LogP contribution in [0.1, 0.15) is 57.8 Å². The van der Waals surface area contributed by atoms with E-state index in [1.807, 2.05) is 6.26 Å². The lowest BCUT2D eigenvalue weighted by Gasteiger charge is -2.21. The highest BCUT2D eigenvalue weighted by atomic mass is 16.3. The lowest BCUT2D eigenvalue weighted by atomic mass is 10.1. The Labute approximate surface area is 129 Å². The fourth-order valence-electron chi connectivity index (χ4n) is 2.72. The summed E-state index contributed by atoms with van der Waals surface area (Å²) < 4.78 is 5.78. The second-order valence-corrected chi connectivity index (χ2v) is 8.11. The average Bonchev–Trinajstić information content (AvgIpc) is 3.30. The van der Waals surface area contributed by atoms with Crippen LogP contribution < -0.4 is 5.32 Å². The number of hydrogen-bond donors (Lipinski definition) is 1. The van der Waals surface area contributed by atoms with Crippen molar-refractivity contribution in [1.29, 1.82) is 0 Å². The Bertz CT molecular complexity index is 438. The van der Waals surface area contributed by atoms with Gasteiger partial charge in [0.25, 0.3) is 0 Å². The molecule has 21 heavy (non-hydrogen) atoms. The molecule has 0 aliphatic heterocycles. The SMILES string of the molecule is CC(C)(C)NCc1coc(CN(CC2CC2)CC2CC2)c1. The first kappa shape index (κ1) is 15.1. The summed E-state index contributed by atoms with van der Waals surface area (Å²) in [6, 6.07) is 2.23. The Morgan fingerprint density at radius 2 is 1.76 bits per heavy atom. The molecule has 3 nitrogen and oxygen atoms in total. The van der Waals surface area contributed by atoms with Crippen LogP contribution in [-0.2, 0) is 13.1 Å². The Morgan fingerprint density at radius 3 is 2.29 bits per heavy atom. The van der Waals surface area contributed by atoms with Gasteiger partial charge in [0.1, 0.15) is 5.76 Å². The van der Waals surface area contributed by atoms with Crippen LogP contribution >= 0.6 is 0 Å². The first-order valence-corrected chi connectivity index (χ1v) is 8.51. The summed E-state index contributed by atoms with van der Waals surface area (Å²) >= 11 is 0. The summed E-state index contributed by atoms with van der Waals surface area (Å²) in [4.78, 5) is 2.62. The van der Waals surface area contributed by atoms with Crippen molar-refractivity contribution in [1.82, 2.24) is 10.2 Å². The monoisotopic (exact) mass is 290 g/mol. The molecular formula is C18H30N2O. The van der Waals surface area contributed by atoms with Crippen LogP contribution in [0.15, 0.2) is 16.7 Å². The summed E-state index contributed by atoms with van der Waals surface area (Å²) in [6.07, 6.45) is 7.64. The molecule has 1 aromatic rings. The number of nitrogens with zero attached hydrogens (tertiary/aromatic N) is 1. The molecule has 0 spiro atoms. The van der Waals surface area contributed by atoms with Crippen LogP contribution in [0.25, 0.3) is 0 Å². The molecule has 3 heteroatoms. The van der Waals surface area contributed by atoms with E-state index in [1.54, 1.807) is 0 Å². The van der Waals surface area contributed by atoms with E-state index in [4.69, 9.17) is 4.42 Å². The molecule has 1 N–H and O–H groups in total. The Morgan fingerprint density at radius 1 is 1.14 bits per heavy atom. The van der Waals surface area contributed by atoms with Crippen LogP contribution in [0.4, 0.5) is 0 Å². The van der Waals surface area contributed by atoms with Gasteiger partial charge in [-0.05, 0) is 64.4 Å². The molecule has 1 aromatic heterocycles. The second-order valence-electron chi connectivity index (χ2n) is 8.11. The molecule has 2 fully saturated rings. The minimum absolute atomic E-state index is 0.154. The number of hydrogen-bond acceptors (Lipinski definition) is 3. The van der Waals surface area contributed by atoms with Crippen LogP contribution in [0, 0.1) is 11.8 Å². The summed E-state index contributed by atoms with van der Waals surface area (Å²) in [5.41, 5.74) is 1.42. The van der Waals surface area contributed by atoms with Crippen molar-refractivity contribution in [2.24, 2.45) is 11.8 Å². The van der Waals surface area contributed by atoms with Gasteiger partial charge in [0.2, 0.25) is 0 Å². The summed E-state index contributed by atoms with van der Waals surface area (Å²) in [7, 11) is 0. The van der Waals surface area contributed by atoms with Crippen molar-refractivity contribution in [3.8, 4) is 0 Å². The Balaban J connectivity index is 1.51. The molecule has 0 aromatic carbocycles. The molecule has 118 valence electrons. The zero-order valence-electron chi connectivity index (χ0n) is 13.8. The quantitative estimate of drug-likeness (QED) is 0.789. The maximum Gasteiger partial charge on any atom is 0.118 e. The third-order valence-electron chi connectivity index (χ3n) is 4.34. The number of rotatable bonds is 8. The predicted molar refractivity (Wildman–Crippen MR) is 86.0 cm³/mol. The summed E-state index contributed by atoms with van der Waals surface area (Å²) in [5, 5.41) is 3.52. The van der Waals surface area contributed by atoms with Gasteiger partial charge in [-0.1, -0.05) is 0 Å². The molecule has 0 bridgehead atoms. The highest BCUT2D eigenvalue weighted by molar-refractivity contribution is 5.13. The zero-order chi connectivity index (χ0) is 14.9. The van der Waals surface area contributed by atoms with E-state index in [0.717, 1.165) is 30.7 Å². The topological polar surface area (TPSA) is 28.4 Å². The van der Waals surface area contributed by atoms with E-state index < -0.39 is 0 Å². The van der Waals surface area contributed by atoms with E-state index in [9.17, 15) is 0 Å². The van der Waals surface area contributed by atoms with E-state index in [0.29, 0.717) is 0 Å². The Kier molecular flexibility index (Phi) is 4.41. The molecule has 0 radical (unpaired) electrons. The van der Waals surface area contributed by atoms with E-state index in [2.05, 4.69) is 37.1 Å². The summed E-state index contributed by atoms with van der Waals surface area (Å²) in [5.74, 6) is 3.04. The van der Waals surface area contributed by atoms with Gasteiger partial charge in [-0.25, -0.2) is 0 Å². The molecule has 0 atom stereocenters. The van der Waals surface area contributed by atoms with E-state index in [-0.39, 0.29) is 5.54 Å². The van der Waals surface area contributed by atoms with Crippen molar-refractivity contribution in [2.45, 2.75) is 65.1 Å². The average molecular weight is 290 g/mol. The van der Waals surface area contributed by atoms with Gasteiger partial charge < -0.3 is 9.73 Å². The first-order chi connectivity index (χ1) is 9.98. The van der Waals surface area contributed by atoms with E-state index in [1.165, 1.54) is 44.3 Å². The molecule has 0 amide bonds. The lowest BCUT2D eigenvalue weighted by molar-refractivity contribution is 0.225. The highest BCUT2D eigenvalue weighted by Gasteiger charge is 2.29. The van der Waals surface area contributed by atoms with Crippen LogP contribution in [0.5, 0.6) is 0 Å². The highest BCUT2D eigenvalue weighted by Crippen LogP contribution is 2.34. The van der Waals surface area contributed by atoms with Gasteiger partial charge >= 0.3 is 0 Å².